The van der Waals surface area contributed by atoms with E-state index in [1.165, 1.54) is 0 Å². The van der Waals surface area contributed by atoms with Gasteiger partial charge in [0.15, 0.2) is 34.7 Å². The molecule has 0 aromatic heterocycles. The third kappa shape index (κ3) is 10.7. The highest BCUT2D eigenvalue weighted by Crippen LogP contribution is 2.32. The topological polar surface area (TPSA) is 166 Å². The average Bonchev–Trinajstić information content (AvgIpc) is 3.52. The second kappa shape index (κ2) is 22.7. The van der Waals surface area contributed by atoms with Gasteiger partial charge in [-0.25, -0.2) is 0 Å². The van der Waals surface area contributed by atoms with E-state index in [0.717, 1.165) is 51.0 Å². The number of ketones is 6. The summed E-state index contributed by atoms with van der Waals surface area (Å²) in [4.78, 5) is 76.1. The largest absolute Gasteiger partial charge is 0.489 e. The van der Waals surface area contributed by atoms with E-state index in [0.29, 0.717) is 86.6 Å². The Labute approximate surface area is 450 Å². The zero-order valence-corrected chi connectivity index (χ0v) is 42.8. The fraction of sp³-hybridized carbons (Fsp3) is 0.0909. The van der Waals surface area contributed by atoms with Crippen LogP contribution >= 0.6 is 0 Å². The van der Waals surface area contributed by atoms with E-state index in [1.807, 2.05) is 112 Å². The normalized spacial score (nSPS) is 12.3. The van der Waals surface area contributed by atoms with Gasteiger partial charge in [-0.1, -0.05) is 91.0 Å². The third-order valence-electron chi connectivity index (χ3n) is 13.6. The molecule has 0 saturated carbocycles. The van der Waals surface area contributed by atoms with Crippen LogP contribution in [-0.4, -0.2) is 55.8 Å². The number of hydrogen-bond donors (Lipinski definition) is 3. The fourth-order valence-corrected chi connectivity index (χ4v) is 9.36. The molecular weight excluding hydrogens is 979 g/mol. The van der Waals surface area contributed by atoms with Crippen LogP contribution in [0.2, 0.25) is 0 Å². The van der Waals surface area contributed by atoms with Crippen molar-refractivity contribution in [2.45, 2.75) is 19.8 Å². The van der Waals surface area contributed by atoms with Crippen LogP contribution in [0.15, 0.2) is 200 Å². The van der Waals surface area contributed by atoms with Crippen molar-refractivity contribution in [1.82, 2.24) is 0 Å². The van der Waals surface area contributed by atoms with Crippen molar-refractivity contribution in [1.29, 1.82) is 0 Å². The van der Waals surface area contributed by atoms with Crippen LogP contribution in [-0.2, 0) is 19.8 Å². The van der Waals surface area contributed by atoms with Crippen molar-refractivity contribution < 1.29 is 43.0 Å². The molecule has 0 unspecified atom stereocenters. The van der Waals surface area contributed by atoms with Crippen molar-refractivity contribution in [3.63, 3.8) is 0 Å². The Morgan fingerprint density at radius 1 is 0.256 bits per heavy atom. The molecule has 0 fully saturated rings. The van der Waals surface area contributed by atoms with Crippen LogP contribution < -0.4 is 30.2 Å². The molecule has 0 radical (unpaired) electrons. The van der Waals surface area contributed by atoms with Crippen LogP contribution in [0.25, 0.3) is 0 Å². The van der Waals surface area contributed by atoms with Gasteiger partial charge in [0.25, 0.3) is 0 Å². The Kier molecular flexibility index (Phi) is 14.9. The average molecular weight is 1030 g/mol. The number of carbonyl (C=O) groups excluding carboxylic acids is 6. The van der Waals surface area contributed by atoms with Gasteiger partial charge in [-0.05, 0) is 126 Å². The molecule has 9 aromatic carbocycles. The molecular formula is C66H51N3O9. The molecule has 78 heavy (non-hydrogen) atoms. The highest BCUT2D eigenvalue weighted by Gasteiger charge is 2.32. The van der Waals surface area contributed by atoms with E-state index >= 15 is 0 Å². The molecule has 12 heteroatoms. The minimum Gasteiger partial charge on any atom is -0.489 e. The second-order valence-corrected chi connectivity index (χ2v) is 18.4. The Bertz CT molecular complexity index is 3410. The SMILES string of the molecule is CNc1ccc(OCc2ccc3c(c2)C(=O)c2ccccc2C3=O)cc1.CNc1ccc(OCc2ccc3c(c2)C(=O)c2ccccc2C3=O)cc1.CNc1ccc(OCc2ccc3c(c2)C(=O)c2ccccc2C3=O)cc1. The van der Waals surface area contributed by atoms with Gasteiger partial charge in [0, 0.05) is 105 Å². The first-order valence-corrected chi connectivity index (χ1v) is 25.2. The van der Waals surface area contributed by atoms with Crippen LogP contribution in [0.1, 0.15) is 112 Å². The number of carbonyl (C=O) groups is 6. The maximum absolute atomic E-state index is 12.8. The van der Waals surface area contributed by atoms with Crippen molar-refractivity contribution in [2.75, 3.05) is 37.1 Å². The molecule has 3 aliphatic rings. The molecule has 0 saturated heterocycles. The Morgan fingerprint density at radius 2 is 0.462 bits per heavy atom. The number of benzene rings is 9. The van der Waals surface area contributed by atoms with Crippen molar-refractivity contribution >= 4 is 51.8 Å². The van der Waals surface area contributed by atoms with Gasteiger partial charge in [-0.2, -0.15) is 0 Å². The predicted molar refractivity (Wildman–Crippen MR) is 300 cm³/mol. The lowest BCUT2D eigenvalue weighted by molar-refractivity contribution is 0.0979. The van der Waals surface area contributed by atoms with Crippen molar-refractivity contribution in [3.05, 3.63) is 284 Å². The van der Waals surface area contributed by atoms with E-state index in [1.54, 1.807) is 109 Å². The molecule has 0 atom stereocenters. The van der Waals surface area contributed by atoms with Gasteiger partial charge >= 0.3 is 0 Å². The summed E-state index contributed by atoms with van der Waals surface area (Å²) in [6, 6.07) is 59.7. The van der Waals surface area contributed by atoms with E-state index in [-0.39, 0.29) is 34.7 Å². The summed E-state index contributed by atoms with van der Waals surface area (Å²) < 4.78 is 17.4. The number of nitrogens with one attached hydrogen (secondary N) is 3. The van der Waals surface area contributed by atoms with Crippen LogP contribution in [0.5, 0.6) is 17.2 Å². The molecule has 12 rings (SSSR count). The predicted octanol–water partition coefficient (Wildman–Crippen LogP) is 12.2. The van der Waals surface area contributed by atoms with Gasteiger partial charge < -0.3 is 30.2 Å². The van der Waals surface area contributed by atoms with Gasteiger partial charge in [0.1, 0.15) is 37.1 Å². The minimum absolute atomic E-state index is 0.106. The van der Waals surface area contributed by atoms with Crippen LogP contribution in [0.3, 0.4) is 0 Å². The lowest BCUT2D eigenvalue weighted by Crippen LogP contribution is -2.21. The van der Waals surface area contributed by atoms with E-state index in [4.69, 9.17) is 14.2 Å². The quantitative estimate of drug-likeness (QED) is 0.106. The van der Waals surface area contributed by atoms with Gasteiger partial charge in [-0.15, -0.1) is 0 Å². The third-order valence-corrected chi connectivity index (χ3v) is 13.6. The molecule has 0 bridgehead atoms. The number of ether oxygens (including phenoxy) is 3. The maximum atomic E-state index is 12.8. The fourth-order valence-electron chi connectivity index (χ4n) is 9.36. The standard InChI is InChI=1S/3C22H17NO3/c3*1-23-15-7-9-16(10-8-15)26-13-14-6-11-19-20(12-14)22(25)18-5-3-2-4-17(18)21(19)24/h3*2-12,23H,13H2,1H3. The molecule has 9 aromatic rings. The lowest BCUT2D eigenvalue weighted by Gasteiger charge is -2.18. The maximum Gasteiger partial charge on any atom is 0.194 e. The summed E-state index contributed by atoms with van der Waals surface area (Å²) in [6.45, 7) is 0.986. The number of rotatable bonds is 12. The minimum atomic E-state index is -0.115. The molecule has 0 aliphatic heterocycles. The second-order valence-electron chi connectivity index (χ2n) is 18.4. The summed E-state index contributed by atoms with van der Waals surface area (Å²) in [7, 11) is 5.58. The first-order chi connectivity index (χ1) is 38.0. The zero-order valence-electron chi connectivity index (χ0n) is 42.8. The first kappa shape index (κ1) is 51.3. The lowest BCUT2D eigenvalue weighted by atomic mass is 9.83. The molecule has 384 valence electrons. The monoisotopic (exact) mass is 1030 g/mol. The van der Waals surface area contributed by atoms with E-state index < -0.39 is 0 Å². The van der Waals surface area contributed by atoms with Crippen molar-refractivity contribution in [3.8, 4) is 17.2 Å². The molecule has 0 heterocycles. The van der Waals surface area contributed by atoms with Gasteiger partial charge in [0.05, 0.1) is 0 Å². The Hall–Kier alpha value is -10.2. The highest BCUT2D eigenvalue weighted by atomic mass is 16.5. The van der Waals surface area contributed by atoms with Crippen LogP contribution in [0.4, 0.5) is 17.1 Å². The number of hydrogen-bond acceptors (Lipinski definition) is 12. The molecule has 0 spiro atoms. The van der Waals surface area contributed by atoms with Crippen molar-refractivity contribution in [2.24, 2.45) is 0 Å². The summed E-state index contributed by atoms with van der Waals surface area (Å²) in [5.41, 5.74) is 11.1. The number of anilines is 3. The number of fused-ring (bicyclic) bond motifs is 6. The molecule has 3 aliphatic carbocycles. The van der Waals surface area contributed by atoms with Gasteiger partial charge in [-0.3, -0.25) is 28.8 Å². The molecule has 12 nitrogen and oxygen atoms in total. The van der Waals surface area contributed by atoms with E-state index in [9.17, 15) is 28.8 Å². The molecule has 0 amide bonds. The Morgan fingerprint density at radius 3 is 0.679 bits per heavy atom. The smallest absolute Gasteiger partial charge is 0.194 e. The first-order valence-electron chi connectivity index (χ1n) is 25.2. The zero-order chi connectivity index (χ0) is 54.3. The van der Waals surface area contributed by atoms with Crippen LogP contribution in [0, 0.1) is 0 Å². The summed E-state index contributed by atoms with van der Waals surface area (Å²) >= 11 is 0. The summed E-state index contributed by atoms with van der Waals surface area (Å²) in [5.74, 6) is 1.57. The Balaban J connectivity index is 0.000000132. The van der Waals surface area contributed by atoms with Gasteiger partial charge in [0.2, 0.25) is 0 Å². The highest BCUT2D eigenvalue weighted by molar-refractivity contribution is 6.30. The summed E-state index contributed by atoms with van der Waals surface area (Å²) in [5, 5.41) is 9.16. The summed E-state index contributed by atoms with van der Waals surface area (Å²) in [6.07, 6.45) is 0. The van der Waals surface area contributed by atoms with E-state index in [2.05, 4.69) is 16.0 Å². The molecule has 3 N–H and O–H groups in total.